The second-order valence-corrected chi connectivity index (χ2v) is 9.22. The van der Waals surface area contributed by atoms with Gasteiger partial charge in [-0.15, -0.1) is 16.8 Å². The highest BCUT2D eigenvalue weighted by molar-refractivity contribution is 7.15. The third kappa shape index (κ3) is 4.76. The first-order valence-electron chi connectivity index (χ1n) is 11.0. The molecule has 4 aromatic rings. The highest BCUT2D eigenvalue weighted by atomic mass is 32.1. The van der Waals surface area contributed by atoms with Crippen molar-refractivity contribution in [2.75, 3.05) is 19.0 Å². The fraction of sp³-hybridized carbons (Fsp3) is 0.261. The second kappa shape index (κ2) is 9.52. The number of amides is 1. The molecule has 1 aliphatic heterocycles. The number of alkyl halides is 3. The van der Waals surface area contributed by atoms with Gasteiger partial charge in [0.05, 0.1) is 33.6 Å². The number of ether oxygens (including phenoxy) is 1. The highest BCUT2D eigenvalue weighted by Gasteiger charge is 2.40. The number of hydrogen-bond acceptors (Lipinski definition) is 8. The van der Waals surface area contributed by atoms with Crippen molar-refractivity contribution < 1.29 is 31.9 Å². The van der Waals surface area contributed by atoms with E-state index in [1.165, 1.54) is 25.6 Å². The zero-order valence-electron chi connectivity index (χ0n) is 19.4. The van der Waals surface area contributed by atoms with Crippen molar-refractivity contribution in [1.82, 2.24) is 25.3 Å². The molecular weight excluding hydrogens is 516 g/mol. The van der Waals surface area contributed by atoms with Crippen LogP contribution in [-0.4, -0.2) is 34.3 Å². The Bertz CT molecular complexity index is 1490. The SMILES string of the molecule is COc1ccc(F)c2c1cc(C)n2CCNc1cc(-c2cc(C(F)(F)F)c(C3NOC(=O)N3)s2)ncn1. The van der Waals surface area contributed by atoms with E-state index in [1.54, 1.807) is 6.07 Å². The molecule has 14 heteroatoms. The van der Waals surface area contributed by atoms with Gasteiger partial charge in [-0.05, 0) is 31.2 Å². The van der Waals surface area contributed by atoms with Gasteiger partial charge >= 0.3 is 12.3 Å². The number of hydrogen-bond donors (Lipinski definition) is 3. The molecule has 1 aromatic carbocycles. The summed E-state index contributed by atoms with van der Waals surface area (Å²) in [5.74, 6) is 0.580. The first kappa shape index (κ1) is 24.8. The number of methoxy groups -OCH3 is 1. The van der Waals surface area contributed by atoms with Crippen molar-refractivity contribution in [3.8, 4) is 16.3 Å². The summed E-state index contributed by atoms with van der Waals surface area (Å²) in [6.07, 6.45) is -5.42. The Labute approximate surface area is 211 Å². The van der Waals surface area contributed by atoms with Crippen LogP contribution < -0.4 is 20.9 Å². The van der Waals surface area contributed by atoms with Gasteiger partial charge in [0, 0.05) is 30.2 Å². The minimum Gasteiger partial charge on any atom is -0.496 e. The third-order valence-electron chi connectivity index (χ3n) is 5.82. The Hall–Kier alpha value is -3.91. The number of halogens is 4. The van der Waals surface area contributed by atoms with E-state index >= 15 is 0 Å². The topological polar surface area (TPSA) is 102 Å². The van der Waals surface area contributed by atoms with Gasteiger partial charge in [0.15, 0.2) is 6.17 Å². The normalized spacial score (nSPS) is 15.6. The number of rotatable bonds is 7. The van der Waals surface area contributed by atoms with Crippen LogP contribution in [0.1, 0.15) is 22.3 Å². The molecule has 194 valence electrons. The molecule has 3 N–H and O–H groups in total. The van der Waals surface area contributed by atoms with E-state index in [0.29, 0.717) is 35.6 Å². The van der Waals surface area contributed by atoms with Crippen LogP contribution in [-0.2, 0) is 17.6 Å². The molecule has 4 heterocycles. The maximum absolute atomic E-state index is 14.6. The Morgan fingerprint density at radius 2 is 2.05 bits per heavy atom. The van der Waals surface area contributed by atoms with Crippen LogP contribution in [0.2, 0.25) is 0 Å². The molecular formula is C23H20F4N6O3S. The Balaban J connectivity index is 1.36. The van der Waals surface area contributed by atoms with Gasteiger partial charge in [0.25, 0.3) is 0 Å². The van der Waals surface area contributed by atoms with E-state index in [4.69, 9.17) is 4.74 Å². The monoisotopic (exact) mass is 536 g/mol. The molecule has 3 aromatic heterocycles. The predicted molar refractivity (Wildman–Crippen MR) is 128 cm³/mol. The Morgan fingerprint density at radius 1 is 1.24 bits per heavy atom. The zero-order chi connectivity index (χ0) is 26.3. The fourth-order valence-electron chi connectivity index (χ4n) is 4.17. The summed E-state index contributed by atoms with van der Waals surface area (Å²) in [6.45, 7) is 2.62. The van der Waals surface area contributed by atoms with Gasteiger partial charge in [-0.3, -0.25) is 5.32 Å². The number of fused-ring (bicyclic) bond motifs is 1. The van der Waals surface area contributed by atoms with Crippen molar-refractivity contribution in [2.45, 2.75) is 25.8 Å². The van der Waals surface area contributed by atoms with Crippen molar-refractivity contribution in [1.29, 1.82) is 0 Å². The van der Waals surface area contributed by atoms with E-state index in [2.05, 4.69) is 30.9 Å². The number of thiophene rings is 1. The Morgan fingerprint density at radius 3 is 2.76 bits per heavy atom. The van der Waals surface area contributed by atoms with Gasteiger partial charge in [-0.1, -0.05) is 0 Å². The first-order chi connectivity index (χ1) is 17.7. The molecule has 1 saturated heterocycles. The molecule has 37 heavy (non-hydrogen) atoms. The number of nitrogens with one attached hydrogen (secondary N) is 3. The second-order valence-electron chi connectivity index (χ2n) is 8.14. The molecule has 0 radical (unpaired) electrons. The quantitative estimate of drug-likeness (QED) is 0.286. The molecule has 9 nitrogen and oxygen atoms in total. The van der Waals surface area contributed by atoms with Gasteiger partial charge in [0.2, 0.25) is 0 Å². The zero-order valence-corrected chi connectivity index (χ0v) is 20.3. The standard InChI is InChI=1S/C23H20F4N6O3S/c1-11-7-12-16(35-2)4-3-14(24)19(12)33(11)6-5-28-18-9-15(29-10-30-18)17-8-13(23(25,26)27)20(37-17)21-31-22(34)36-32-21/h3-4,7-10,21,32H,5-6H2,1-2H3,(H,31,34)(H,28,29,30). The van der Waals surface area contributed by atoms with Crippen molar-refractivity contribution in [3.05, 3.63) is 58.6 Å². The van der Waals surface area contributed by atoms with Gasteiger partial charge in [-0.25, -0.2) is 19.2 Å². The largest absolute Gasteiger partial charge is 0.496 e. The molecule has 0 saturated carbocycles. The smallest absolute Gasteiger partial charge is 0.427 e. The molecule has 0 bridgehead atoms. The van der Waals surface area contributed by atoms with Crippen LogP contribution in [0.5, 0.6) is 5.75 Å². The van der Waals surface area contributed by atoms with E-state index in [-0.39, 0.29) is 21.3 Å². The first-order valence-corrected chi connectivity index (χ1v) is 11.8. The van der Waals surface area contributed by atoms with Crippen LogP contribution in [0.3, 0.4) is 0 Å². The maximum atomic E-state index is 14.6. The van der Waals surface area contributed by atoms with Crippen molar-refractivity contribution in [2.24, 2.45) is 0 Å². The number of benzene rings is 1. The number of nitrogens with zero attached hydrogens (tertiary/aromatic N) is 3. The Kier molecular flexibility index (Phi) is 6.37. The van der Waals surface area contributed by atoms with Crippen molar-refractivity contribution >= 4 is 34.2 Å². The van der Waals surface area contributed by atoms with Gasteiger partial charge < -0.3 is 19.5 Å². The molecule has 5 rings (SSSR count). The molecule has 0 spiro atoms. The fourth-order valence-corrected chi connectivity index (χ4v) is 5.31. The lowest BCUT2D eigenvalue weighted by Crippen LogP contribution is -2.23. The molecule has 1 aliphatic rings. The summed E-state index contributed by atoms with van der Waals surface area (Å²) >= 11 is 0.825. The van der Waals surface area contributed by atoms with Crippen LogP contribution >= 0.6 is 11.3 Å². The summed E-state index contributed by atoms with van der Waals surface area (Å²) in [7, 11) is 1.52. The molecule has 1 amide bonds. The number of aromatic nitrogens is 3. The summed E-state index contributed by atoms with van der Waals surface area (Å²) < 4.78 is 62.8. The lowest BCUT2D eigenvalue weighted by molar-refractivity contribution is -0.138. The number of carbonyl (C=O) groups is 1. The maximum Gasteiger partial charge on any atom is 0.427 e. The summed E-state index contributed by atoms with van der Waals surface area (Å²) in [4.78, 5) is 24.2. The van der Waals surface area contributed by atoms with E-state index in [1.807, 2.05) is 17.6 Å². The highest BCUT2D eigenvalue weighted by Crippen LogP contribution is 2.43. The molecule has 1 unspecified atom stereocenters. The van der Waals surface area contributed by atoms with Crippen LogP contribution in [0, 0.1) is 12.7 Å². The average molecular weight is 537 g/mol. The molecule has 0 aliphatic carbocycles. The van der Waals surface area contributed by atoms with Gasteiger partial charge in [-0.2, -0.15) is 13.2 Å². The summed E-state index contributed by atoms with van der Waals surface area (Å²) in [5, 5.41) is 6.06. The summed E-state index contributed by atoms with van der Waals surface area (Å²) in [6, 6.07) is 7.27. The minimum absolute atomic E-state index is 0.158. The van der Waals surface area contributed by atoms with Crippen molar-refractivity contribution in [3.63, 3.8) is 0 Å². The van der Waals surface area contributed by atoms with Gasteiger partial charge in [0.1, 0.15) is 23.7 Å². The average Bonchev–Trinajstić information content (AvgIpc) is 3.57. The molecule has 1 atom stereocenters. The number of anilines is 1. The summed E-state index contributed by atoms with van der Waals surface area (Å²) in [5.41, 5.74) is 2.87. The van der Waals surface area contributed by atoms with Crippen LogP contribution in [0.15, 0.2) is 36.7 Å². The lowest BCUT2D eigenvalue weighted by atomic mass is 10.2. The van der Waals surface area contributed by atoms with E-state index in [9.17, 15) is 22.4 Å². The number of hydroxylamine groups is 1. The van der Waals surface area contributed by atoms with E-state index in [0.717, 1.165) is 23.1 Å². The third-order valence-corrected chi connectivity index (χ3v) is 7.04. The lowest BCUT2D eigenvalue weighted by Gasteiger charge is -2.11. The minimum atomic E-state index is -4.65. The molecule has 1 fully saturated rings. The predicted octanol–water partition coefficient (Wildman–Crippen LogP) is 4.99. The number of aryl methyl sites for hydroxylation is 1. The van der Waals surface area contributed by atoms with Crippen LogP contribution in [0.25, 0.3) is 21.5 Å². The number of carbonyl (C=O) groups excluding carboxylic acids is 1. The van der Waals surface area contributed by atoms with E-state index < -0.39 is 24.0 Å². The van der Waals surface area contributed by atoms with Crippen LogP contribution in [0.4, 0.5) is 28.2 Å².